The minimum atomic E-state index is -0.766. The van der Waals surface area contributed by atoms with Gasteiger partial charge >= 0.3 is 6.03 Å². The average Bonchev–Trinajstić information content (AvgIpc) is 3.00. The first-order valence-electron chi connectivity index (χ1n) is 13.3. The molecule has 0 saturated carbocycles. The fraction of sp³-hybridized carbons (Fsp3) is 0.226. The molecule has 0 bridgehead atoms. The van der Waals surface area contributed by atoms with Gasteiger partial charge in [-0.2, -0.15) is 0 Å². The van der Waals surface area contributed by atoms with Gasteiger partial charge in [0, 0.05) is 13.1 Å². The van der Waals surface area contributed by atoms with Crippen LogP contribution >= 0.6 is 0 Å². The lowest BCUT2D eigenvalue weighted by Crippen LogP contribution is -2.57. The third-order valence-corrected chi connectivity index (χ3v) is 6.57. The molecule has 10 heteroatoms. The number of carbonyl (C=O) groups is 4. The topological polar surface area (TPSA) is 106 Å². The lowest BCUT2D eigenvalue weighted by atomic mass is 10.0. The molecule has 0 aromatic heterocycles. The van der Waals surface area contributed by atoms with Crippen LogP contribution in [0.1, 0.15) is 12.5 Å². The van der Waals surface area contributed by atoms with Gasteiger partial charge in [0.15, 0.2) is 18.1 Å². The summed E-state index contributed by atoms with van der Waals surface area (Å²) in [7, 11) is 0. The third kappa shape index (κ3) is 5.97. The fourth-order valence-electron chi connectivity index (χ4n) is 4.55. The number of barbiturate groups is 1. The number of amides is 5. The highest BCUT2D eigenvalue weighted by atomic mass is 16.5. The number of urea groups is 1. The summed E-state index contributed by atoms with van der Waals surface area (Å²) in [6.07, 6.45) is 1.42. The zero-order valence-electron chi connectivity index (χ0n) is 22.5. The van der Waals surface area contributed by atoms with Crippen molar-refractivity contribution in [3.05, 3.63) is 90.0 Å². The first kappa shape index (κ1) is 27.6. The molecule has 41 heavy (non-hydrogen) atoms. The van der Waals surface area contributed by atoms with Crippen molar-refractivity contribution in [3.8, 4) is 11.5 Å². The lowest BCUT2D eigenvalue weighted by molar-refractivity contribution is -0.137. The Balaban J connectivity index is 1.46. The minimum absolute atomic E-state index is 0.160. The number of ether oxygens (including phenoxy) is 3. The molecule has 0 unspecified atom stereocenters. The number of rotatable bonds is 8. The van der Waals surface area contributed by atoms with Crippen LogP contribution in [0.5, 0.6) is 11.5 Å². The van der Waals surface area contributed by atoms with E-state index in [1.165, 1.54) is 6.08 Å². The maximum Gasteiger partial charge on any atom is 0.343 e. The number of carbonyl (C=O) groups excluding carboxylic acids is 4. The Morgan fingerprint density at radius 1 is 0.805 bits per heavy atom. The van der Waals surface area contributed by atoms with Gasteiger partial charge in [-0.3, -0.25) is 14.4 Å². The fourth-order valence-corrected chi connectivity index (χ4v) is 4.55. The van der Waals surface area contributed by atoms with E-state index in [1.807, 2.05) is 6.92 Å². The molecule has 0 N–H and O–H groups in total. The molecule has 2 heterocycles. The summed E-state index contributed by atoms with van der Waals surface area (Å²) in [5.74, 6) is -0.945. The summed E-state index contributed by atoms with van der Waals surface area (Å²) in [6.45, 7) is 3.97. The molecule has 10 nitrogen and oxygen atoms in total. The number of para-hydroxylation sites is 2. The monoisotopic (exact) mass is 555 g/mol. The van der Waals surface area contributed by atoms with Crippen LogP contribution in [-0.2, 0) is 19.1 Å². The van der Waals surface area contributed by atoms with Crippen LogP contribution in [0.4, 0.5) is 16.2 Å². The van der Waals surface area contributed by atoms with Gasteiger partial charge in [0.1, 0.15) is 5.57 Å². The van der Waals surface area contributed by atoms with Crippen molar-refractivity contribution in [2.75, 3.05) is 49.3 Å². The van der Waals surface area contributed by atoms with Crippen molar-refractivity contribution < 1.29 is 33.4 Å². The Labute approximate surface area is 237 Å². The number of hydrogen-bond acceptors (Lipinski definition) is 7. The zero-order valence-corrected chi connectivity index (χ0v) is 22.5. The van der Waals surface area contributed by atoms with Crippen LogP contribution in [0.15, 0.2) is 84.4 Å². The molecule has 5 rings (SSSR count). The van der Waals surface area contributed by atoms with Gasteiger partial charge in [-0.15, -0.1) is 0 Å². The van der Waals surface area contributed by atoms with Crippen LogP contribution < -0.4 is 19.3 Å². The van der Waals surface area contributed by atoms with Crippen molar-refractivity contribution in [1.29, 1.82) is 0 Å². The molecule has 0 spiro atoms. The number of benzene rings is 3. The molecule has 0 atom stereocenters. The standard InChI is InChI=1S/C31H29N3O7/c1-2-40-27-20-22(13-14-26(27)41-21-28(35)32-15-17-39-18-16-32)19-25-29(36)33(23-9-5-3-6-10-23)31(38)34(30(25)37)24-11-7-4-8-12-24/h3-14,19-20H,2,15-18,21H2,1H3. The van der Waals surface area contributed by atoms with E-state index in [-0.39, 0.29) is 18.1 Å². The number of imide groups is 2. The Kier molecular flexibility index (Phi) is 8.40. The van der Waals surface area contributed by atoms with E-state index in [0.29, 0.717) is 61.3 Å². The normalized spacial score (nSPS) is 15.7. The first-order valence-corrected chi connectivity index (χ1v) is 13.3. The van der Waals surface area contributed by atoms with Crippen LogP contribution in [0.25, 0.3) is 6.08 Å². The smallest absolute Gasteiger partial charge is 0.343 e. The highest BCUT2D eigenvalue weighted by Crippen LogP contribution is 2.32. The molecule has 5 amide bonds. The number of hydrogen-bond donors (Lipinski definition) is 0. The SMILES string of the molecule is CCOc1cc(C=C2C(=O)N(c3ccccc3)C(=O)N(c3ccccc3)C2=O)ccc1OCC(=O)N1CCOCC1. The number of nitrogens with zero attached hydrogens (tertiary/aromatic N) is 3. The predicted octanol–water partition coefficient (Wildman–Crippen LogP) is 3.91. The van der Waals surface area contributed by atoms with E-state index >= 15 is 0 Å². The van der Waals surface area contributed by atoms with E-state index in [2.05, 4.69) is 0 Å². The van der Waals surface area contributed by atoms with Crippen molar-refractivity contribution in [3.63, 3.8) is 0 Å². The molecule has 2 aliphatic heterocycles. The molecule has 210 valence electrons. The van der Waals surface area contributed by atoms with Gasteiger partial charge in [-0.25, -0.2) is 14.6 Å². The Bertz CT molecular complexity index is 1400. The molecule has 3 aromatic carbocycles. The molecule has 0 aliphatic carbocycles. The highest BCUT2D eigenvalue weighted by Gasteiger charge is 2.43. The van der Waals surface area contributed by atoms with Crippen LogP contribution in [-0.4, -0.2) is 68.2 Å². The molecule has 2 saturated heterocycles. The van der Waals surface area contributed by atoms with Crippen LogP contribution in [0.2, 0.25) is 0 Å². The van der Waals surface area contributed by atoms with Gasteiger partial charge < -0.3 is 19.1 Å². The lowest BCUT2D eigenvalue weighted by Gasteiger charge is -2.33. The average molecular weight is 556 g/mol. The molecule has 2 fully saturated rings. The summed E-state index contributed by atoms with van der Waals surface area (Å²) in [5.41, 5.74) is 0.958. The summed E-state index contributed by atoms with van der Waals surface area (Å²) in [6, 6.07) is 21.0. The van der Waals surface area contributed by atoms with Gasteiger partial charge in [-0.1, -0.05) is 42.5 Å². The number of anilines is 2. The van der Waals surface area contributed by atoms with Gasteiger partial charge in [-0.05, 0) is 55.0 Å². The Morgan fingerprint density at radius 3 is 1.95 bits per heavy atom. The first-order chi connectivity index (χ1) is 20.0. The van der Waals surface area contributed by atoms with E-state index in [4.69, 9.17) is 14.2 Å². The van der Waals surface area contributed by atoms with E-state index in [1.54, 1.807) is 83.8 Å². The van der Waals surface area contributed by atoms with E-state index < -0.39 is 17.8 Å². The minimum Gasteiger partial charge on any atom is -0.490 e. The maximum atomic E-state index is 13.6. The Morgan fingerprint density at radius 2 is 1.39 bits per heavy atom. The summed E-state index contributed by atoms with van der Waals surface area (Å²) >= 11 is 0. The largest absolute Gasteiger partial charge is 0.490 e. The molecule has 0 radical (unpaired) electrons. The molecular weight excluding hydrogens is 526 g/mol. The van der Waals surface area contributed by atoms with Gasteiger partial charge in [0.05, 0.1) is 31.2 Å². The van der Waals surface area contributed by atoms with Crippen molar-refractivity contribution >= 4 is 41.2 Å². The number of morpholine rings is 1. The van der Waals surface area contributed by atoms with Crippen molar-refractivity contribution in [2.24, 2.45) is 0 Å². The second kappa shape index (κ2) is 12.5. The summed E-state index contributed by atoms with van der Waals surface area (Å²) < 4.78 is 16.8. The van der Waals surface area contributed by atoms with E-state index in [9.17, 15) is 19.2 Å². The second-order valence-electron chi connectivity index (χ2n) is 9.21. The zero-order chi connectivity index (χ0) is 28.8. The molecule has 2 aliphatic rings. The maximum absolute atomic E-state index is 13.6. The van der Waals surface area contributed by atoms with E-state index in [0.717, 1.165) is 9.80 Å². The molecule has 3 aromatic rings. The van der Waals surface area contributed by atoms with Crippen molar-refractivity contribution in [2.45, 2.75) is 6.92 Å². The summed E-state index contributed by atoms with van der Waals surface area (Å²) in [4.78, 5) is 56.9. The van der Waals surface area contributed by atoms with Crippen molar-refractivity contribution in [1.82, 2.24) is 4.90 Å². The predicted molar refractivity (Wildman–Crippen MR) is 152 cm³/mol. The highest BCUT2D eigenvalue weighted by molar-refractivity contribution is 6.46. The second-order valence-corrected chi connectivity index (χ2v) is 9.21. The van der Waals surface area contributed by atoms with Crippen LogP contribution in [0, 0.1) is 0 Å². The summed E-state index contributed by atoms with van der Waals surface area (Å²) in [5, 5.41) is 0. The Hall–Kier alpha value is -4.96. The third-order valence-electron chi connectivity index (χ3n) is 6.57. The quantitative estimate of drug-likeness (QED) is 0.307. The van der Waals surface area contributed by atoms with Crippen LogP contribution in [0.3, 0.4) is 0 Å². The van der Waals surface area contributed by atoms with Gasteiger partial charge in [0.25, 0.3) is 17.7 Å². The van der Waals surface area contributed by atoms with Gasteiger partial charge in [0.2, 0.25) is 0 Å². The molecular formula is C31H29N3O7.